The number of benzene rings is 1. The molecule has 1 aromatic heterocycles. The van der Waals surface area contributed by atoms with Crippen molar-refractivity contribution in [2.75, 3.05) is 13.1 Å². The van der Waals surface area contributed by atoms with Crippen molar-refractivity contribution in [1.29, 1.82) is 0 Å². The van der Waals surface area contributed by atoms with Crippen LogP contribution in [0.25, 0.3) is 0 Å². The van der Waals surface area contributed by atoms with Crippen LogP contribution in [-0.2, 0) is 6.42 Å². The lowest BCUT2D eigenvalue weighted by Gasteiger charge is -2.25. The molecule has 0 unspecified atom stereocenters. The molecule has 1 saturated heterocycles. The molecule has 0 saturated carbocycles. The zero-order chi connectivity index (χ0) is 13.9. The third kappa shape index (κ3) is 3.25. The average molecular weight is 355 g/mol. The molecular formula is C15H17BrClN3. The second-order valence-electron chi connectivity index (χ2n) is 5.19. The Bertz CT molecular complexity index is 570. The molecule has 20 heavy (non-hydrogen) atoms. The van der Waals surface area contributed by atoms with Gasteiger partial charge in [-0.3, -0.25) is 0 Å². The summed E-state index contributed by atoms with van der Waals surface area (Å²) < 4.78 is 3.34. The Morgan fingerprint density at radius 3 is 2.85 bits per heavy atom. The largest absolute Gasteiger partial charge is 0.332 e. The van der Waals surface area contributed by atoms with Crippen LogP contribution in [0.3, 0.4) is 0 Å². The SMILES string of the molecule is Clc1cc(Br)cc(Cc2nccn2C2CCNCC2)c1. The normalized spacial score (nSPS) is 16.5. The Kier molecular flexibility index (Phi) is 4.44. The van der Waals surface area contributed by atoms with Crippen molar-refractivity contribution in [2.45, 2.75) is 25.3 Å². The van der Waals surface area contributed by atoms with Crippen molar-refractivity contribution in [3.8, 4) is 0 Å². The van der Waals surface area contributed by atoms with Gasteiger partial charge in [0.25, 0.3) is 0 Å². The van der Waals surface area contributed by atoms with Crippen LogP contribution >= 0.6 is 27.5 Å². The summed E-state index contributed by atoms with van der Waals surface area (Å²) in [6.07, 6.45) is 7.16. The second kappa shape index (κ2) is 6.29. The van der Waals surface area contributed by atoms with Gasteiger partial charge >= 0.3 is 0 Å². The number of nitrogens with one attached hydrogen (secondary N) is 1. The molecule has 1 aliphatic heterocycles. The molecule has 2 aromatic rings. The Labute approximate surface area is 132 Å². The first-order valence-corrected chi connectivity index (χ1v) is 8.07. The molecule has 0 radical (unpaired) electrons. The lowest BCUT2D eigenvalue weighted by atomic mass is 10.1. The van der Waals surface area contributed by atoms with Crippen LogP contribution in [0.15, 0.2) is 35.1 Å². The predicted octanol–water partition coefficient (Wildman–Crippen LogP) is 3.81. The predicted molar refractivity (Wildman–Crippen MR) is 85.3 cm³/mol. The van der Waals surface area contributed by atoms with Crippen molar-refractivity contribution >= 4 is 27.5 Å². The Morgan fingerprint density at radius 1 is 1.30 bits per heavy atom. The van der Waals surface area contributed by atoms with Gasteiger partial charge in [-0.25, -0.2) is 4.98 Å². The Hall–Kier alpha value is -0.840. The van der Waals surface area contributed by atoms with E-state index in [-0.39, 0.29) is 0 Å². The molecular weight excluding hydrogens is 338 g/mol. The van der Waals surface area contributed by atoms with Crippen LogP contribution in [0, 0.1) is 0 Å². The average Bonchev–Trinajstić information content (AvgIpc) is 2.86. The molecule has 2 heterocycles. The van der Waals surface area contributed by atoms with E-state index < -0.39 is 0 Å². The fraction of sp³-hybridized carbons (Fsp3) is 0.400. The standard InChI is InChI=1S/C15H17BrClN3/c16-12-7-11(8-13(17)10-12)9-15-19-5-6-20(15)14-1-3-18-4-2-14/h5-8,10,14,18H,1-4,9H2. The van der Waals surface area contributed by atoms with Gasteiger partial charge < -0.3 is 9.88 Å². The highest BCUT2D eigenvalue weighted by atomic mass is 79.9. The summed E-state index contributed by atoms with van der Waals surface area (Å²) in [5.41, 5.74) is 1.19. The first-order valence-electron chi connectivity index (χ1n) is 6.90. The van der Waals surface area contributed by atoms with Crippen molar-refractivity contribution in [3.05, 3.63) is 51.5 Å². The van der Waals surface area contributed by atoms with Crippen LogP contribution < -0.4 is 5.32 Å². The van der Waals surface area contributed by atoms with Crippen molar-refractivity contribution in [3.63, 3.8) is 0 Å². The van der Waals surface area contributed by atoms with Gasteiger partial charge in [0.05, 0.1) is 0 Å². The van der Waals surface area contributed by atoms with Crippen LogP contribution in [0.4, 0.5) is 0 Å². The number of halogens is 2. The van der Waals surface area contributed by atoms with E-state index in [9.17, 15) is 0 Å². The van der Waals surface area contributed by atoms with E-state index in [0.29, 0.717) is 6.04 Å². The summed E-state index contributed by atoms with van der Waals surface area (Å²) >= 11 is 9.61. The quantitative estimate of drug-likeness (QED) is 0.908. The monoisotopic (exact) mass is 353 g/mol. The Morgan fingerprint density at radius 2 is 2.10 bits per heavy atom. The number of rotatable bonds is 3. The van der Waals surface area contributed by atoms with E-state index >= 15 is 0 Å². The minimum atomic E-state index is 0.566. The summed E-state index contributed by atoms with van der Waals surface area (Å²) in [6.45, 7) is 2.18. The van der Waals surface area contributed by atoms with Crippen molar-refractivity contribution in [2.24, 2.45) is 0 Å². The van der Waals surface area contributed by atoms with E-state index in [1.165, 1.54) is 18.4 Å². The van der Waals surface area contributed by atoms with E-state index in [1.54, 1.807) is 0 Å². The maximum atomic E-state index is 6.11. The summed E-state index contributed by atoms with van der Waals surface area (Å²) in [5, 5.41) is 4.16. The zero-order valence-corrected chi connectivity index (χ0v) is 13.5. The van der Waals surface area contributed by atoms with Gasteiger partial charge in [-0.1, -0.05) is 27.5 Å². The van der Waals surface area contributed by atoms with E-state index in [2.05, 4.69) is 43.1 Å². The molecule has 0 aliphatic carbocycles. The number of aromatic nitrogens is 2. The number of imidazole rings is 1. The molecule has 106 valence electrons. The molecule has 0 bridgehead atoms. The summed E-state index contributed by atoms with van der Waals surface area (Å²) in [6, 6.07) is 6.59. The topological polar surface area (TPSA) is 29.9 Å². The molecule has 5 heteroatoms. The third-order valence-electron chi connectivity index (χ3n) is 3.74. The molecule has 1 N–H and O–H groups in total. The number of nitrogens with zero attached hydrogens (tertiary/aromatic N) is 2. The highest BCUT2D eigenvalue weighted by molar-refractivity contribution is 9.10. The van der Waals surface area contributed by atoms with Crippen LogP contribution in [0.2, 0.25) is 5.02 Å². The molecule has 3 nitrogen and oxygen atoms in total. The first kappa shape index (κ1) is 14.1. The van der Waals surface area contributed by atoms with Gasteiger partial charge in [-0.2, -0.15) is 0 Å². The highest BCUT2D eigenvalue weighted by Gasteiger charge is 2.17. The van der Waals surface area contributed by atoms with Gasteiger partial charge in [0, 0.05) is 34.4 Å². The Balaban J connectivity index is 1.82. The number of hydrogen-bond acceptors (Lipinski definition) is 2. The lowest BCUT2D eigenvalue weighted by Crippen LogP contribution is -2.29. The third-order valence-corrected chi connectivity index (χ3v) is 4.41. The fourth-order valence-corrected chi connectivity index (χ4v) is 3.72. The maximum absolute atomic E-state index is 6.11. The summed E-state index contributed by atoms with van der Waals surface area (Å²) in [7, 11) is 0. The van der Waals surface area contributed by atoms with Crippen LogP contribution in [-0.4, -0.2) is 22.6 Å². The highest BCUT2D eigenvalue weighted by Crippen LogP contribution is 2.24. The minimum Gasteiger partial charge on any atom is -0.332 e. The number of hydrogen-bond donors (Lipinski definition) is 1. The van der Waals surface area contributed by atoms with E-state index in [0.717, 1.165) is 34.8 Å². The molecule has 1 aliphatic rings. The summed E-state index contributed by atoms with van der Waals surface area (Å²) in [4.78, 5) is 4.53. The van der Waals surface area contributed by atoms with E-state index in [4.69, 9.17) is 11.6 Å². The first-order chi connectivity index (χ1) is 9.72. The van der Waals surface area contributed by atoms with Gasteiger partial charge in [0.15, 0.2) is 0 Å². The number of piperidine rings is 1. The molecule has 0 spiro atoms. The molecule has 0 amide bonds. The fourth-order valence-electron chi connectivity index (χ4n) is 2.79. The van der Waals surface area contributed by atoms with Crippen LogP contribution in [0.1, 0.15) is 30.3 Å². The van der Waals surface area contributed by atoms with E-state index in [1.807, 2.05) is 18.3 Å². The molecule has 3 rings (SSSR count). The zero-order valence-electron chi connectivity index (χ0n) is 11.1. The summed E-state index contributed by atoms with van der Waals surface area (Å²) in [5.74, 6) is 1.12. The van der Waals surface area contributed by atoms with Gasteiger partial charge in [-0.05, 0) is 49.7 Å². The lowest BCUT2D eigenvalue weighted by molar-refractivity contribution is 0.361. The molecule has 1 aromatic carbocycles. The molecule has 0 atom stereocenters. The van der Waals surface area contributed by atoms with Gasteiger partial charge in [0.2, 0.25) is 0 Å². The smallest absolute Gasteiger partial charge is 0.113 e. The molecule has 1 fully saturated rings. The van der Waals surface area contributed by atoms with Crippen LogP contribution in [0.5, 0.6) is 0 Å². The second-order valence-corrected chi connectivity index (χ2v) is 6.54. The maximum Gasteiger partial charge on any atom is 0.113 e. The van der Waals surface area contributed by atoms with Gasteiger partial charge in [-0.15, -0.1) is 0 Å². The van der Waals surface area contributed by atoms with Crippen molar-refractivity contribution < 1.29 is 0 Å². The van der Waals surface area contributed by atoms with Gasteiger partial charge in [0.1, 0.15) is 5.82 Å². The minimum absolute atomic E-state index is 0.566. The van der Waals surface area contributed by atoms with Crippen molar-refractivity contribution in [1.82, 2.24) is 14.9 Å².